The second kappa shape index (κ2) is 5.99. The first-order valence-electron chi connectivity index (χ1n) is 6.72. The van der Waals surface area contributed by atoms with Gasteiger partial charge in [0.15, 0.2) is 5.13 Å². The number of aliphatic hydroxyl groups is 1. The third-order valence-electron chi connectivity index (χ3n) is 3.42. The summed E-state index contributed by atoms with van der Waals surface area (Å²) in [5.74, 6) is 0. The topological polar surface area (TPSA) is 48.4 Å². The number of hydrogen-bond acceptors (Lipinski definition) is 5. The maximum atomic E-state index is 10.1. The molecule has 4 nitrogen and oxygen atoms in total. The Morgan fingerprint density at radius 3 is 3.11 bits per heavy atom. The molecule has 0 aliphatic carbocycles. The van der Waals surface area contributed by atoms with Gasteiger partial charge in [-0.2, -0.15) is 0 Å². The largest absolute Gasteiger partial charge is 0.390 e. The average Bonchev–Trinajstić information content (AvgIpc) is 2.66. The predicted octanol–water partition coefficient (Wildman–Crippen LogP) is 2.31. The van der Waals surface area contributed by atoms with Crippen LogP contribution in [0.5, 0.6) is 0 Å². The van der Waals surface area contributed by atoms with E-state index >= 15 is 0 Å². The molecule has 2 heterocycles. The van der Waals surface area contributed by atoms with Gasteiger partial charge in [0.25, 0.3) is 0 Å². The van der Waals surface area contributed by atoms with Crippen molar-refractivity contribution >= 4 is 16.5 Å². The fourth-order valence-electron chi connectivity index (χ4n) is 2.31. The van der Waals surface area contributed by atoms with Crippen LogP contribution in [-0.4, -0.2) is 40.2 Å². The molecule has 0 aromatic carbocycles. The normalized spacial score (nSPS) is 25.9. The Bertz CT molecular complexity index is 378. The zero-order chi connectivity index (χ0) is 13.0. The van der Waals surface area contributed by atoms with Gasteiger partial charge < -0.3 is 10.4 Å². The Balaban J connectivity index is 1.88. The molecule has 0 amide bonds. The summed E-state index contributed by atoms with van der Waals surface area (Å²) in [4.78, 5) is 8.07. The highest BCUT2D eigenvalue weighted by Gasteiger charge is 2.25. The van der Waals surface area contributed by atoms with E-state index in [4.69, 9.17) is 0 Å². The van der Waals surface area contributed by atoms with Gasteiger partial charge in [-0.3, -0.25) is 4.90 Å². The van der Waals surface area contributed by atoms with E-state index in [1.807, 2.05) is 13.1 Å². The molecule has 5 heteroatoms. The van der Waals surface area contributed by atoms with Crippen molar-refractivity contribution in [3.8, 4) is 0 Å². The van der Waals surface area contributed by atoms with Gasteiger partial charge in [0, 0.05) is 30.7 Å². The van der Waals surface area contributed by atoms with Crippen LogP contribution in [0.3, 0.4) is 0 Å². The highest BCUT2D eigenvalue weighted by molar-refractivity contribution is 7.15. The van der Waals surface area contributed by atoms with Crippen molar-refractivity contribution in [1.82, 2.24) is 9.88 Å². The lowest BCUT2D eigenvalue weighted by Crippen LogP contribution is -2.27. The lowest BCUT2D eigenvalue weighted by Gasteiger charge is -2.21. The predicted molar refractivity (Wildman–Crippen MR) is 76.0 cm³/mol. The zero-order valence-electron chi connectivity index (χ0n) is 11.3. The summed E-state index contributed by atoms with van der Waals surface area (Å²) in [5.41, 5.74) is -0.475. The smallest absolute Gasteiger partial charge is 0.182 e. The number of thiazole rings is 1. The van der Waals surface area contributed by atoms with Crippen molar-refractivity contribution in [2.75, 3.05) is 25.0 Å². The Kier molecular flexibility index (Phi) is 4.59. The number of hydrogen-bond donors (Lipinski definition) is 2. The molecule has 1 fully saturated rings. The Hall–Kier alpha value is -0.650. The molecular weight excluding hydrogens is 246 g/mol. The van der Waals surface area contributed by atoms with E-state index in [0.29, 0.717) is 0 Å². The molecule has 0 bridgehead atoms. The van der Waals surface area contributed by atoms with Crippen LogP contribution in [0.1, 0.15) is 38.0 Å². The van der Waals surface area contributed by atoms with Gasteiger partial charge in [0.05, 0.1) is 5.60 Å². The van der Waals surface area contributed by atoms with Crippen LogP contribution in [0, 0.1) is 0 Å². The zero-order valence-corrected chi connectivity index (χ0v) is 12.1. The minimum Gasteiger partial charge on any atom is -0.390 e. The molecule has 1 unspecified atom stereocenters. The standard InChI is InChI=1S/C13H23N3OS/c1-3-14-12-15-9-11(18-12)10-16-7-4-5-13(2,17)6-8-16/h9,17H,3-8,10H2,1-2H3,(H,14,15). The maximum Gasteiger partial charge on any atom is 0.182 e. The summed E-state index contributed by atoms with van der Waals surface area (Å²) in [5, 5.41) is 14.3. The third-order valence-corrected chi connectivity index (χ3v) is 4.36. The van der Waals surface area contributed by atoms with Crippen LogP contribution in [0.15, 0.2) is 6.20 Å². The quantitative estimate of drug-likeness (QED) is 0.880. The molecule has 0 spiro atoms. The van der Waals surface area contributed by atoms with E-state index in [9.17, 15) is 5.11 Å². The second-order valence-corrected chi connectivity index (χ2v) is 6.40. The van der Waals surface area contributed by atoms with Crippen LogP contribution in [-0.2, 0) is 6.54 Å². The van der Waals surface area contributed by atoms with Crippen LogP contribution < -0.4 is 5.32 Å². The Morgan fingerprint density at radius 1 is 1.50 bits per heavy atom. The number of nitrogens with zero attached hydrogens (tertiary/aromatic N) is 2. The first kappa shape index (κ1) is 13.8. The maximum absolute atomic E-state index is 10.1. The lowest BCUT2D eigenvalue weighted by molar-refractivity contribution is 0.0444. The third kappa shape index (κ3) is 3.93. The van der Waals surface area contributed by atoms with Crippen LogP contribution in [0.4, 0.5) is 5.13 Å². The average molecular weight is 269 g/mol. The van der Waals surface area contributed by atoms with E-state index in [1.165, 1.54) is 4.88 Å². The molecule has 0 radical (unpaired) electrons. The minimum absolute atomic E-state index is 0.475. The van der Waals surface area contributed by atoms with E-state index < -0.39 is 5.60 Å². The second-order valence-electron chi connectivity index (χ2n) is 5.29. The SMILES string of the molecule is CCNc1ncc(CN2CCCC(C)(O)CC2)s1. The first-order chi connectivity index (χ1) is 8.59. The van der Waals surface area contributed by atoms with Crippen LogP contribution >= 0.6 is 11.3 Å². The minimum atomic E-state index is -0.475. The van der Waals surface area contributed by atoms with Gasteiger partial charge in [-0.05, 0) is 39.7 Å². The van der Waals surface area contributed by atoms with Gasteiger partial charge in [-0.1, -0.05) is 0 Å². The van der Waals surface area contributed by atoms with Gasteiger partial charge in [0.2, 0.25) is 0 Å². The summed E-state index contributed by atoms with van der Waals surface area (Å²) >= 11 is 1.73. The molecule has 2 N–H and O–H groups in total. The summed E-state index contributed by atoms with van der Waals surface area (Å²) < 4.78 is 0. The molecule has 102 valence electrons. The van der Waals surface area contributed by atoms with Crippen molar-refractivity contribution in [3.63, 3.8) is 0 Å². The van der Waals surface area contributed by atoms with Gasteiger partial charge in [-0.25, -0.2) is 4.98 Å². The van der Waals surface area contributed by atoms with Gasteiger partial charge in [-0.15, -0.1) is 11.3 Å². The van der Waals surface area contributed by atoms with E-state index in [0.717, 1.165) is 50.6 Å². The van der Waals surface area contributed by atoms with Gasteiger partial charge >= 0.3 is 0 Å². The van der Waals surface area contributed by atoms with Gasteiger partial charge in [0.1, 0.15) is 0 Å². The molecule has 1 atom stereocenters. The summed E-state index contributed by atoms with van der Waals surface area (Å²) in [6, 6.07) is 0. The fraction of sp³-hybridized carbons (Fsp3) is 0.769. The molecule has 1 aromatic heterocycles. The molecular formula is C13H23N3OS. The van der Waals surface area contributed by atoms with Crippen molar-refractivity contribution < 1.29 is 5.11 Å². The van der Waals surface area contributed by atoms with Crippen LogP contribution in [0.2, 0.25) is 0 Å². The lowest BCUT2D eigenvalue weighted by atomic mass is 9.98. The number of aromatic nitrogens is 1. The van der Waals surface area contributed by atoms with Crippen molar-refractivity contribution in [2.45, 2.75) is 45.3 Å². The van der Waals surface area contributed by atoms with Crippen molar-refractivity contribution in [1.29, 1.82) is 0 Å². The van der Waals surface area contributed by atoms with E-state index in [-0.39, 0.29) is 0 Å². The number of likely N-dealkylation sites (tertiary alicyclic amines) is 1. The molecule has 1 aliphatic rings. The molecule has 2 rings (SSSR count). The van der Waals surface area contributed by atoms with Crippen LogP contribution in [0.25, 0.3) is 0 Å². The van der Waals surface area contributed by atoms with E-state index in [1.54, 1.807) is 11.3 Å². The summed E-state index contributed by atoms with van der Waals surface area (Å²) in [6.45, 7) is 7.95. The molecule has 0 saturated carbocycles. The highest BCUT2D eigenvalue weighted by atomic mass is 32.1. The van der Waals surface area contributed by atoms with Crippen molar-refractivity contribution in [3.05, 3.63) is 11.1 Å². The highest BCUT2D eigenvalue weighted by Crippen LogP contribution is 2.24. The number of rotatable bonds is 4. The first-order valence-corrected chi connectivity index (χ1v) is 7.54. The van der Waals surface area contributed by atoms with Crippen molar-refractivity contribution in [2.24, 2.45) is 0 Å². The number of nitrogens with one attached hydrogen (secondary N) is 1. The number of anilines is 1. The van der Waals surface area contributed by atoms with E-state index in [2.05, 4.69) is 22.1 Å². The monoisotopic (exact) mass is 269 g/mol. The molecule has 1 aromatic rings. The molecule has 1 saturated heterocycles. The Labute approximate surface area is 113 Å². The molecule has 18 heavy (non-hydrogen) atoms. The fourth-order valence-corrected chi connectivity index (χ4v) is 3.23. The summed E-state index contributed by atoms with van der Waals surface area (Å²) in [6.07, 6.45) is 4.82. The summed E-state index contributed by atoms with van der Waals surface area (Å²) in [7, 11) is 0. The Morgan fingerprint density at radius 2 is 2.33 bits per heavy atom. The molecule has 1 aliphatic heterocycles.